The van der Waals surface area contributed by atoms with E-state index in [1.807, 2.05) is 25.1 Å². The van der Waals surface area contributed by atoms with E-state index in [0.717, 1.165) is 40.3 Å². The Bertz CT molecular complexity index is 586. The van der Waals surface area contributed by atoms with E-state index in [4.69, 9.17) is 16.3 Å². The Morgan fingerprint density at radius 1 is 1.35 bits per heavy atom. The molecule has 0 atom stereocenters. The molecule has 2 aromatic rings. The molecule has 1 aromatic heterocycles. The second kappa shape index (κ2) is 6.99. The molecule has 0 aliphatic rings. The largest absolute Gasteiger partial charge is 0.496 e. The highest BCUT2D eigenvalue weighted by Crippen LogP contribution is 2.32. The van der Waals surface area contributed by atoms with E-state index >= 15 is 0 Å². The third-order valence-electron chi connectivity index (χ3n) is 2.99. The normalized spacial score (nSPS) is 10.8. The zero-order chi connectivity index (χ0) is 14.5. The second-order valence-electron chi connectivity index (χ2n) is 4.39. The van der Waals surface area contributed by atoms with Crippen LogP contribution in [-0.2, 0) is 12.3 Å². The van der Waals surface area contributed by atoms with Gasteiger partial charge in [0.15, 0.2) is 5.16 Å². The van der Waals surface area contributed by atoms with Crippen molar-refractivity contribution < 1.29 is 4.74 Å². The van der Waals surface area contributed by atoms with Gasteiger partial charge in [0, 0.05) is 22.9 Å². The summed E-state index contributed by atoms with van der Waals surface area (Å²) in [5, 5.41) is 10.0. The van der Waals surface area contributed by atoms with Crippen LogP contribution in [0.5, 0.6) is 5.75 Å². The maximum Gasteiger partial charge on any atom is 0.191 e. The summed E-state index contributed by atoms with van der Waals surface area (Å²) < 4.78 is 7.49. The van der Waals surface area contributed by atoms with E-state index in [1.165, 1.54) is 0 Å². The molecule has 0 radical (unpaired) electrons. The Morgan fingerprint density at radius 2 is 2.15 bits per heavy atom. The van der Waals surface area contributed by atoms with Crippen LogP contribution in [0.4, 0.5) is 0 Å². The second-order valence-corrected chi connectivity index (χ2v) is 5.74. The monoisotopic (exact) mass is 311 g/mol. The summed E-state index contributed by atoms with van der Waals surface area (Å²) in [6.07, 6.45) is 1.06. The van der Waals surface area contributed by atoms with Crippen molar-refractivity contribution >= 4 is 23.4 Å². The fraction of sp³-hybridized carbons (Fsp3) is 0.429. The lowest BCUT2D eigenvalue weighted by molar-refractivity contribution is 0.411. The van der Waals surface area contributed by atoms with E-state index in [9.17, 15) is 0 Å². The SMILES string of the molecule is CCCn1c(C)nnc1SCc1c(Cl)cccc1OC. The predicted molar refractivity (Wildman–Crippen MR) is 82.6 cm³/mol. The fourth-order valence-corrected chi connectivity index (χ4v) is 3.32. The van der Waals surface area contributed by atoms with Crippen LogP contribution in [0.15, 0.2) is 23.4 Å². The predicted octanol–water partition coefficient (Wildman–Crippen LogP) is 3.95. The van der Waals surface area contributed by atoms with Crippen molar-refractivity contribution in [3.63, 3.8) is 0 Å². The minimum atomic E-state index is 0.713. The molecule has 1 aromatic carbocycles. The molecule has 0 fully saturated rings. The van der Waals surface area contributed by atoms with Crippen LogP contribution in [0.1, 0.15) is 24.7 Å². The maximum absolute atomic E-state index is 6.24. The Labute approximate surface area is 128 Å². The number of halogens is 1. The van der Waals surface area contributed by atoms with Gasteiger partial charge in [0.1, 0.15) is 11.6 Å². The van der Waals surface area contributed by atoms with Gasteiger partial charge < -0.3 is 9.30 Å². The van der Waals surface area contributed by atoms with E-state index in [-0.39, 0.29) is 0 Å². The highest BCUT2D eigenvalue weighted by Gasteiger charge is 2.12. The van der Waals surface area contributed by atoms with E-state index < -0.39 is 0 Å². The molecule has 0 saturated carbocycles. The summed E-state index contributed by atoms with van der Waals surface area (Å²) in [5.74, 6) is 2.47. The van der Waals surface area contributed by atoms with Crippen LogP contribution in [0.25, 0.3) is 0 Å². The number of thioether (sulfide) groups is 1. The van der Waals surface area contributed by atoms with Gasteiger partial charge in [0.05, 0.1) is 7.11 Å². The van der Waals surface area contributed by atoms with Crippen LogP contribution < -0.4 is 4.74 Å². The Hall–Kier alpha value is -1.20. The lowest BCUT2D eigenvalue weighted by atomic mass is 10.2. The lowest BCUT2D eigenvalue weighted by Gasteiger charge is -2.10. The van der Waals surface area contributed by atoms with E-state index in [1.54, 1.807) is 18.9 Å². The van der Waals surface area contributed by atoms with E-state index in [2.05, 4.69) is 21.7 Å². The third kappa shape index (κ3) is 3.27. The first kappa shape index (κ1) is 15.2. The van der Waals surface area contributed by atoms with Crippen molar-refractivity contribution in [3.8, 4) is 5.75 Å². The molecule has 1 heterocycles. The molecule has 0 bridgehead atoms. The van der Waals surface area contributed by atoms with Crippen LogP contribution in [0.2, 0.25) is 5.02 Å². The van der Waals surface area contributed by atoms with Crippen LogP contribution >= 0.6 is 23.4 Å². The van der Waals surface area contributed by atoms with Crippen molar-refractivity contribution in [2.45, 2.75) is 37.7 Å². The van der Waals surface area contributed by atoms with Gasteiger partial charge >= 0.3 is 0 Å². The number of hydrogen-bond donors (Lipinski definition) is 0. The number of nitrogens with zero attached hydrogens (tertiary/aromatic N) is 3. The Kier molecular flexibility index (Phi) is 5.31. The quantitative estimate of drug-likeness (QED) is 0.757. The first-order chi connectivity index (χ1) is 9.67. The van der Waals surface area contributed by atoms with Crippen molar-refractivity contribution in [2.75, 3.05) is 7.11 Å². The van der Waals surface area contributed by atoms with E-state index in [0.29, 0.717) is 5.75 Å². The Morgan fingerprint density at radius 3 is 2.85 bits per heavy atom. The number of benzene rings is 1. The van der Waals surface area contributed by atoms with Crippen LogP contribution in [0, 0.1) is 6.92 Å². The molecular weight excluding hydrogens is 294 g/mol. The molecular formula is C14H18ClN3OS. The molecule has 20 heavy (non-hydrogen) atoms. The highest BCUT2D eigenvalue weighted by atomic mass is 35.5. The van der Waals surface area contributed by atoms with Crippen molar-refractivity contribution in [3.05, 3.63) is 34.6 Å². The highest BCUT2D eigenvalue weighted by molar-refractivity contribution is 7.98. The van der Waals surface area contributed by atoms with Crippen LogP contribution in [-0.4, -0.2) is 21.9 Å². The smallest absolute Gasteiger partial charge is 0.191 e. The summed E-state index contributed by atoms with van der Waals surface area (Å²) in [5.41, 5.74) is 0.991. The summed E-state index contributed by atoms with van der Waals surface area (Å²) in [6, 6.07) is 5.69. The summed E-state index contributed by atoms with van der Waals surface area (Å²) in [7, 11) is 1.66. The van der Waals surface area contributed by atoms with Crippen molar-refractivity contribution in [1.82, 2.24) is 14.8 Å². The van der Waals surface area contributed by atoms with Gasteiger partial charge in [-0.05, 0) is 25.5 Å². The molecule has 0 spiro atoms. The van der Waals surface area contributed by atoms with Crippen molar-refractivity contribution in [2.24, 2.45) is 0 Å². The van der Waals surface area contributed by atoms with Gasteiger partial charge in [-0.15, -0.1) is 10.2 Å². The number of hydrogen-bond acceptors (Lipinski definition) is 4. The molecule has 6 heteroatoms. The number of rotatable bonds is 6. The zero-order valence-electron chi connectivity index (χ0n) is 11.9. The maximum atomic E-state index is 6.24. The molecule has 0 aliphatic heterocycles. The molecule has 0 saturated heterocycles. The number of ether oxygens (including phenoxy) is 1. The Balaban J connectivity index is 2.17. The van der Waals surface area contributed by atoms with Gasteiger partial charge in [0.2, 0.25) is 0 Å². The number of aryl methyl sites for hydroxylation is 1. The first-order valence-corrected chi connectivity index (χ1v) is 7.87. The van der Waals surface area contributed by atoms with Gasteiger partial charge in [-0.3, -0.25) is 0 Å². The minimum absolute atomic E-state index is 0.713. The first-order valence-electron chi connectivity index (χ1n) is 6.51. The molecule has 0 unspecified atom stereocenters. The average molecular weight is 312 g/mol. The lowest BCUT2D eigenvalue weighted by Crippen LogP contribution is -2.01. The van der Waals surface area contributed by atoms with Gasteiger partial charge in [-0.2, -0.15) is 0 Å². The molecule has 4 nitrogen and oxygen atoms in total. The van der Waals surface area contributed by atoms with Gasteiger partial charge in [0.25, 0.3) is 0 Å². The summed E-state index contributed by atoms with van der Waals surface area (Å²) in [4.78, 5) is 0. The molecule has 108 valence electrons. The van der Waals surface area contributed by atoms with Gasteiger partial charge in [-0.1, -0.05) is 36.4 Å². The molecule has 0 N–H and O–H groups in total. The van der Waals surface area contributed by atoms with Crippen molar-refractivity contribution in [1.29, 1.82) is 0 Å². The minimum Gasteiger partial charge on any atom is -0.496 e. The zero-order valence-corrected chi connectivity index (χ0v) is 13.5. The average Bonchev–Trinajstić information content (AvgIpc) is 2.79. The third-order valence-corrected chi connectivity index (χ3v) is 4.34. The van der Waals surface area contributed by atoms with Crippen LogP contribution in [0.3, 0.4) is 0 Å². The number of aromatic nitrogens is 3. The molecule has 0 amide bonds. The summed E-state index contributed by atoms with van der Waals surface area (Å²) >= 11 is 7.87. The molecule has 0 aliphatic carbocycles. The summed E-state index contributed by atoms with van der Waals surface area (Å²) in [6.45, 7) is 5.05. The standard InChI is InChI=1S/C14H18ClN3OS/c1-4-8-18-10(2)16-17-14(18)20-9-11-12(15)6-5-7-13(11)19-3/h5-7H,4,8-9H2,1-3H3. The topological polar surface area (TPSA) is 39.9 Å². The van der Waals surface area contributed by atoms with Gasteiger partial charge in [-0.25, -0.2) is 0 Å². The fourth-order valence-electron chi connectivity index (χ4n) is 1.96. The molecule has 2 rings (SSSR count). The number of methoxy groups -OCH3 is 1.